The van der Waals surface area contributed by atoms with Crippen LogP contribution in [0.2, 0.25) is 0 Å². The van der Waals surface area contributed by atoms with E-state index in [0.29, 0.717) is 5.56 Å². The third kappa shape index (κ3) is 2.84. The molecule has 1 N–H and O–H groups in total. The van der Waals surface area contributed by atoms with E-state index in [9.17, 15) is 4.79 Å². The van der Waals surface area contributed by atoms with Gasteiger partial charge in [-0.05, 0) is 43.5 Å². The molecule has 0 aliphatic heterocycles. The van der Waals surface area contributed by atoms with Gasteiger partial charge in [-0.2, -0.15) is 5.10 Å². The summed E-state index contributed by atoms with van der Waals surface area (Å²) in [4.78, 5) is 14.5. The predicted octanol–water partition coefficient (Wildman–Crippen LogP) is 2.29. The van der Waals surface area contributed by atoms with E-state index in [2.05, 4.69) is 10.4 Å². The summed E-state index contributed by atoms with van der Waals surface area (Å²) in [5, 5.41) is 7.62. The lowest BCUT2D eigenvalue weighted by molar-refractivity contribution is 0.0933. The van der Waals surface area contributed by atoms with Crippen LogP contribution in [0, 0.1) is 0 Å². The number of amides is 1. The van der Waals surface area contributed by atoms with Crippen molar-refractivity contribution in [3.8, 4) is 0 Å². The lowest BCUT2D eigenvalue weighted by Gasteiger charge is -2.22. The summed E-state index contributed by atoms with van der Waals surface area (Å²) in [6, 6.07) is 7.74. The molecule has 2 aromatic rings. The van der Waals surface area contributed by atoms with Crippen LogP contribution in [0.15, 0.2) is 30.5 Å². The van der Waals surface area contributed by atoms with Gasteiger partial charge in [-0.3, -0.25) is 9.48 Å². The molecule has 5 heteroatoms. The molecule has 3 rings (SSSR count). The number of carbonyl (C=O) groups excluding carboxylic acids is 1. The van der Waals surface area contributed by atoms with Crippen LogP contribution < -0.4 is 10.2 Å². The minimum absolute atomic E-state index is 0.0213. The summed E-state index contributed by atoms with van der Waals surface area (Å²) in [7, 11) is 5.90. The molecule has 0 unspecified atom stereocenters. The van der Waals surface area contributed by atoms with Crippen LogP contribution in [0.5, 0.6) is 0 Å². The number of aryl methyl sites for hydroxylation is 2. The molecule has 0 bridgehead atoms. The van der Waals surface area contributed by atoms with Gasteiger partial charge < -0.3 is 10.2 Å². The van der Waals surface area contributed by atoms with Gasteiger partial charge in [0.2, 0.25) is 0 Å². The molecule has 0 spiro atoms. The third-order valence-corrected chi connectivity index (χ3v) is 4.17. The molecule has 1 amide bonds. The first-order valence-corrected chi connectivity index (χ1v) is 7.65. The topological polar surface area (TPSA) is 50.2 Å². The molecule has 0 fully saturated rings. The van der Waals surface area contributed by atoms with Gasteiger partial charge in [0.1, 0.15) is 0 Å². The molecular weight excluding hydrogens is 276 g/mol. The van der Waals surface area contributed by atoms with Gasteiger partial charge in [0, 0.05) is 44.2 Å². The number of benzene rings is 1. The Balaban J connectivity index is 1.74. The second-order valence-electron chi connectivity index (χ2n) is 6.06. The maximum atomic E-state index is 12.5. The van der Waals surface area contributed by atoms with Gasteiger partial charge in [-0.15, -0.1) is 0 Å². The lowest BCUT2D eigenvalue weighted by atomic mass is 9.93. The van der Waals surface area contributed by atoms with Crippen molar-refractivity contribution in [3.05, 3.63) is 47.3 Å². The monoisotopic (exact) mass is 298 g/mol. The molecular formula is C17H22N4O. The zero-order valence-electron chi connectivity index (χ0n) is 13.3. The molecule has 1 aromatic heterocycles. The molecule has 1 aromatic carbocycles. The van der Waals surface area contributed by atoms with Crippen molar-refractivity contribution in [3.63, 3.8) is 0 Å². The highest BCUT2D eigenvalue weighted by Crippen LogP contribution is 2.29. The van der Waals surface area contributed by atoms with Gasteiger partial charge in [0.05, 0.1) is 11.7 Å². The predicted molar refractivity (Wildman–Crippen MR) is 87.1 cm³/mol. The lowest BCUT2D eigenvalue weighted by Crippen LogP contribution is -2.30. The normalized spacial score (nSPS) is 17.0. The summed E-state index contributed by atoms with van der Waals surface area (Å²) in [5.41, 5.74) is 4.05. The SMILES string of the molecule is CN(C)c1ccc(C(=O)N[C@@H]2CCCc3nn(C)cc32)cc1. The van der Waals surface area contributed by atoms with Gasteiger partial charge in [0.25, 0.3) is 5.91 Å². The number of nitrogens with zero attached hydrogens (tertiary/aromatic N) is 3. The van der Waals surface area contributed by atoms with E-state index in [-0.39, 0.29) is 11.9 Å². The quantitative estimate of drug-likeness (QED) is 0.946. The summed E-state index contributed by atoms with van der Waals surface area (Å²) < 4.78 is 1.83. The highest BCUT2D eigenvalue weighted by atomic mass is 16.1. The second-order valence-corrected chi connectivity index (χ2v) is 6.06. The smallest absolute Gasteiger partial charge is 0.251 e. The zero-order chi connectivity index (χ0) is 15.7. The number of fused-ring (bicyclic) bond motifs is 1. The average Bonchev–Trinajstić information content (AvgIpc) is 2.88. The number of rotatable bonds is 3. The maximum absolute atomic E-state index is 12.5. The van der Waals surface area contributed by atoms with Crippen molar-refractivity contribution in [2.45, 2.75) is 25.3 Å². The Bertz CT molecular complexity index is 672. The highest BCUT2D eigenvalue weighted by molar-refractivity contribution is 5.94. The Hall–Kier alpha value is -2.30. The first kappa shape index (κ1) is 14.6. The summed E-state index contributed by atoms with van der Waals surface area (Å²) >= 11 is 0. The van der Waals surface area contributed by atoms with Crippen LogP contribution in [0.25, 0.3) is 0 Å². The van der Waals surface area contributed by atoms with E-state index in [1.165, 1.54) is 0 Å². The number of hydrogen-bond donors (Lipinski definition) is 1. The van der Waals surface area contributed by atoms with Crippen molar-refractivity contribution in [2.75, 3.05) is 19.0 Å². The van der Waals surface area contributed by atoms with E-state index in [1.807, 2.05) is 61.2 Å². The molecule has 0 saturated carbocycles. The first-order valence-electron chi connectivity index (χ1n) is 7.65. The fourth-order valence-corrected chi connectivity index (χ4v) is 2.97. The van der Waals surface area contributed by atoms with Crippen molar-refractivity contribution < 1.29 is 4.79 Å². The third-order valence-electron chi connectivity index (χ3n) is 4.17. The Labute approximate surface area is 130 Å². The Morgan fingerprint density at radius 3 is 2.73 bits per heavy atom. The minimum atomic E-state index is -0.0213. The van der Waals surface area contributed by atoms with E-state index >= 15 is 0 Å². The van der Waals surface area contributed by atoms with Crippen LogP contribution in [0.4, 0.5) is 5.69 Å². The summed E-state index contributed by atoms with van der Waals surface area (Å²) in [6.45, 7) is 0. The Morgan fingerprint density at radius 2 is 2.05 bits per heavy atom. The molecule has 0 saturated heterocycles. The molecule has 1 aliphatic carbocycles. The number of nitrogens with one attached hydrogen (secondary N) is 1. The fourth-order valence-electron chi connectivity index (χ4n) is 2.97. The van der Waals surface area contributed by atoms with Crippen LogP contribution in [0.3, 0.4) is 0 Å². The van der Waals surface area contributed by atoms with Crippen LogP contribution in [-0.2, 0) is 13.5 Å². The van der Waals surface area contributed by atoms with Crippen molar-refractivity contribution in [2.24, 2.45) is 7.05 Å². The molecule has 0 radical (unpaired) electrons. The van der Waals surface area contributed by atoms with Crippen molar-refractivity contribution in [1.29, 1.82) is 0 Å². The fraction of sp³-hybridized carbons (Fsp3) is 0.412. The van der Waals surface area contributed by atoms with Gasteiger partial charge in [-0.25, -0.2) is 0 Å². The number of hydrogen-bond acceptors (Lipinski definition) is 3. The van der Waals surface area contributed by atoms with Crippen LogP contribution in [-0.4, -0.2) is 29.8 Å². The van der Waals surface area contributed by atoms with Gasteiger partial charge >= 0.3 is 0 Å². The first-order chi connectivity index (χ1) is 10.5. The molecule has 22 heavy (non-hydrogen) atoms. The summed E-state index contributed by atoms with van der Waals surface area (Å²) in [5.74, 6) is -0.0213. The van der Waals surface area contributed by atoms with E-state index in [1.54, 1.807) is 0 Å². The summed E-state index contributed by atoms with van der Waals surface area (Å²) in [6.07, 6.45) is 5.06. The van der Waals surface area contributed by atoms with E-state index in [0.717, 1.165) is 36.2 Å². The largest absolute Gasteiger partial charge is 0.378 e. The molecule has 1 heterocycles. The molecule has 1 aliphatic rings. The van der Waals surface area contributed by atoms with Gasteiger partial charge in [0.15, 0.2) is 0 Å². The van der Waals surface area contributed by atoms with Crippen molar-refractivity contribution >= 4 is 11.6 Å². The van der Waals surface area contributed by atoms with E-state index < -0.39 is 0 Å². The van der Waals surface area contributed by atoms with E-state index in [4.69, 9.17) is 0 Å². The molecule has 5 nitrogen and oxygen atoms in total. The van der Waals surface area contributed by atoms with Gasteiger partial charge in [-0.1, -0.05) is 0 Å². The Kier molecular flexibility index (Phi) is 3.88. The second kappa shape index (κ2) is 5.83. The van der Waals surface area contributed by atoms with Crippen LogP contribution in [0.1, 0.15) is 40.5 Å². The number of anilines is 1. The average molecular weight is 298 g/mol. The maximum Gasteiger partial charge on any atom is 0.251 e. The zero-order valence-corrected chi connectivity index (χ0v) is 13.3. The van der Waals surface area contributed by atoms with Crippen LogP contribution >= 0.6 is 0 Å². The molecule has 1 atom stereocenters. The highest BCUT2D eigenvalue weighted by Gasteiger charge is 2.24. The van der Waals surface area contributed by atoms with Crippen molar-refractivity contribution in [1.82, 2.24) is 15.1 Å². The minimum Gasteiger partial charge on any atom is -0.378 e. The number of aromatic nitrogens is 2. The standard InChI is InChI=1S/C17H22N4O/c1-20(2)13-9-7-12(8-10-13)17(22)18-15-5-4-6-16-14(15)11-21(3)19-16/h7-11,15H,4-6H2,1-3H3,(H,18,22)/t15-/m1/s1. The number of carbonyl (C=O) groups is 1. The molecule has 116 valence electrons. The Morgan fingerprint density at radius 1 is 1.32 bits per heavy atom.